The van der Waals surface area contributed by atoms with Crippen LogP contribution in [0.25, 0.3) is 0 Å². The Morgan fingerprint density at radius 1 is 1.40 bits per heavy atom. The number of carbonyl (C=O) groups excluding carboxylic acids is 1. The van der Waals surface area contributed by atoms with Gasteiger partial charge in [0.25, 0.3) is 0 Å². The van der Waals surface area contributed by atoms with E-state index in [9.17, 15) is 4.79 Å². The SMILES string of the molecule is Cc1csc(C2(NC(=O)CC(C)C3CCCNC3)CCCC2)n1.Cl.Cl. The molecule has 0 bridgehead atoms. The van der Waals surface area contributed by atoms with Gasteiger partial charge < -0.3 is 10.6 Å². The fourth-order valence-electron chi connectivity index (χ4n) is 4.09. The van der Waals surface area contributed by atoms with Crippen LogP contribution in [0.2, 0.25) is 0 Å². The monoisotopic (exact) mass is 407 g/mol. The second kappa shape index (κ2) is 10.1. The maximum Gasteiger partial charge on any atom is 0.221 e. The van der Waals surface area contributed by atoms with E-state index in [1.807, 2.05) is 6.92 Å². The molecule has 2 N–H and O–H groups in total. The molecule has 7 heteroatoms. The molecule has 0 spiro atoms. The molecular weight excluding hydrogens is 377 g/mol. The third-order valence-electron chi connectivity index (χ3n) is 5.51. The van der Waals surface area contributed by atoms with Crippen LogP contribution in [-0.2, 0) is 10.3 Å². The molecule has 2 fully saturated rings. The number of nitrogens with one attached hydrogen (secondary N) is 2. The molecule has 2 heterocycles. The second-order valence-corrected chi connectivity index (χ2v) is 8.28. The van der Waals surface area contributed by atoms with Crippen molar-refractivity contribution >= 4 is 42.1 Å². The standard InChI is InChI=1S/C18H29N3OS.2ClH/c1-13(15-6-5-9-19-11-15)10-16(22)21-18(7-3-4-8-18)17-20-14(2)12-23-17;;/h12-13,15,19H,3-11H2,1-2H3,(H,21,22);2*1H. The number of aryl methyl sites for hydroxylation is 1. The smallest absolute Gasteiger partial charge is 0.221 e. The molecular formula is C18H31Cl2N3OS. The average Bonchev–Trinajstić information content (AvgIpc) is 3.18. The number of thiazole rings is 1. The molecule has 144 valence electrons. The maximum atomic E-state index is 12.7. The van der Waals surface area contributed by atoms with E-state index in [0.717, 1.165) is 36.6 Å². The lowest BCUT2D eigenvalue weighted by atomic mass is 9.85. The summed E-state index contributed by atoms with van der Waals surface area (Å²) >= 11 is 1.70. The highest BCUT2D eigenvalue weighted by molar-refractivity contribution is 7.09. The van der Waals surface area contributed by atoms with Gasteiger partial charge in [0.05, 0.1) is 5.54 Å². The van der Waals surface area contributed by atoms with Gasteiger partial charge >= 0.3 is 0 Å². The minimum atomic E-state index is -0.194. The minimum Gasteiger partial charge on any atom is -0.344 e. The summed E-state index contributed by atoms with van der Waals surface area (Å²) in [5, 5.41) is 10.0. The van der Waals surface area contributed by atoms with E-state index in [1.54, 1.807) is 11.3 Å². The first kappa shape index (κ1) is 22.7. The summed E-state index contributed by atoms with van der Waals surface area (Å²) in [6.07, 6.45) is 7.55. The highest BCUT2D eigenvalue weighted by Gasteiger charge is 2.39. The number of carbonyl (C=O) groups is 1. The lowest BCUT2D eigenvalue weighted by Gasteiger charge is -2.31. The molecule has 1 amide bonds. The van der Waals surface area contributed by atoms with Crippen molar-refractivity contribution in [1.29, 1.82) is 0 Å². The van der Waals surface area contributed by atoms with Crippen LogP contribution in [-0.4, -0.2) is 24.0 Å². The first-order chi connectivity index (χ1) is 11.1. The van der Waals surface area contributed by atoms with Gasteiger partial charge in [0.2, 0.25) is 5.91 Å². The Morgan fingerprint density at radius 3 is 2.68 bits per heavy atom. The van der Waals surface area contributed by atoms with E-state index in [1.165, 1.54) is 25.7 Å². The summed E-state index contributed by atoms with van der Waals surface area (Å²) in [6, 6.07) is 0. The molecule has 0 radical (unpaired) electrons. The molecule has 1 aliphatic heterocycles. The van der Waals surface area contributed by atoms with Crippen LogP contribution in [0.4, 0.5) is 0 Å². The van der Waals surface area contributed by atoms with Crippen LogP contribution in [0.5, 0.6) is 0 Å². The van der Waals surface area contributed by atoms with Gasteiger partial charge in [0.1, 0.15) is 5.01 Å². The van der Waals surface area contributed by atoms with Gasteiger partial charge in [-0.15, -0.1) is 36.2 Å². The Balaban J connectivity index is 0.00000156. The normalized spacial score (nSPS) is 23.2. The summed E-state index contributed by atoms with van der Waals surface area (Å²) in [7, 11) is 0. The Bertz CT molecular complexity index is 540. The zero-order valence-corrected chi connectivity index (χ0v) is 17.6. The number of aromatic nitrogens is 1. The van der Waals surface area contributed by atoms with Gasteiger partial charge in [0.15, 0.2) is 0 Å². The number of piperidine rings is 1. The number of nitrogens with zero attached hydrogens (tertiary/aromatic N) is 1. The Labute approximate surface area is 167 Å². The summed E-state index contributed by atoms with van der Waals surface area (Å²) in [6.45, 7) is 6.45. The Kier molecular flexibility index (Phi) is 9.16. The van der Waals surface area contributed by atoms with Crippen LogP contribution in [0.3, 0.4) is 0 Å². The van der Waals surface area contributed by atoms with Crippen LogP contribution in [0, 0.1) is 18.8 Å². The molecule has 4 nitrogen and oxygen atoms in total. The summed E-state index contributed by atoms with van der Waals surface area (Å²) in [5.41, 5.74) is 0.868. The van der Waals surface area contributed by atoms with Crippen molar-refractivity contribution in [3.05, 3.63) is 16.1 Å². The fraction of sp³-hybridized carbons (Fsp3) is 0.778. The number of hydrogen-bond acceptors (Lipinski definition) is 4. The summed E-state index contributed by atoms with van der Waals surface area (Å²) in [4.78, 5) is 17.4. The van der Waals surface area contributed by atoms with Crippen LogP contribution in [0.1, 0.15) is 62.6 Å². The second-order valence-electron chi connectivity index (χ2n) is 7.42. The van der Waals surface area contributed by atoms with E-state index in [0.29, 0.717) is 18.3 Å². The first-order valence-electron chi connectivity index (χ1n) is 9.03. The van der Waals surface area contributed by atoms with E-state index in [2.05, 4.69) is 27.9 Å². The van der Waals surface area contributed by atoms with Crippen molar-refractivity contribution < 1.29 is 4.79 Å². The molecule has 25 heavy (non-hydrogen) atoms. The van der Waals surface area contributed by atoms with Crippen molar-refractivity contribution in [3.63, 3.8) is 0 Å². The van der Waals surface area contributed by atoms with Crippen molar-refractivity contribution in [2.24, 2.45) is 11.8 Å². The number of halogens is 2. The summed E-state index contributed by atoms with van der Waals surface area (Å²) < 4.78 is 0. The minimum absolute atomic E-state index is 0. The van der Waals surface area contributed by atoms with Gasteiger partial charge in [-0.1, -0.05) is 19.8 Å². The zero-order valence-electron chi connectivity index (χ0n) is 15.2. The topological polar surface area (TPSA) is 54.0 Å². The highest BCUT2D eigenvalue weighted by Crippen LogP contribution is 2.40. The highest BCUT2D eigenvalue weighted by atomic mass is 35.5. The Morgan fingerprint density at radius 2 is 2.12 bits per heavy atom. The number of rotatable bonds is 5. The molecule has 1 aromatic rings. The molecule has 1 aliphatic carbocycles. The number of amides is 1. The quantitative estimate of drug-likeness (QED) is 0.768. The molecule has 1 saturated heterocycles. The summed E-state index contributed by atoms with van der Waals surface area (Å²) in [5.74, 6) is 1.29. The van der Waals surface area contributed by atoms with Gasteiger partial charge in [-0.3, -0.25) is 4.79 Å². The number of hydrogen-bond donors (Lipinski definition) is 2. The van der Waals surface area contributed by atoms with Crippen LogP contribution < -0.4 is 10.6 Å². The van der Waals surface area contributed by atoms with Crippen molar-refractivity contribution in [1.82, 2.24) is 15.6 Å². The molecule has 1 aromatic heterocycles. The third-order valence-corrected chi connectivity index (χ3v) is 6.68. The average molecular weight is 408 g/mol. The largest absolute Gasteiger partial charge is 0.344 e. The Hall–Kier alpha value is -0.360. The molecule has 3 rings (SSSR count). The van der Waals surface area contributed by atoms with Gasteiger partial charge in [0, 0.05) is 17.5 Å². The zero-order chi connectivity index (χ0) is 16.3. The van der Waals surface area contributed by atoms with Crippen molar-refractivity contribution in [2.45, 2.75) is 64.3 Å². The first-order valence-corrected chi connectivity index (χ1v) is 9.91. The van der Waals surface area contributed by atoms with Crippen molar-refractivity contribution in [3.8, 4) is 0 Å². The van der Waals surface area contributed by atoms with Gasteiger partial charge in [-0.25, -0.2) is 4.98 Å². The molecule has 2 atom stereocenters. The van der Waals surface area contributed by atoms with Gasteiger partial charge in [-0.2, -0.15) is 0 Å². The predicted octanol–water partition coefficient (Wildman–Crippen LogP) is 4.21. The van der Waals surface area contributed by atoms with Crippen LogP contribution >= 0.6 is 36.2 Å². The molecule has 2 unspecified atom stereocenters. The van der Waals surface area contributed by atoms with E-state index < -0.39 is 0 Å². The molecule has 2 aliphatic rings. The van der Waals surface area contributed by atoms with E-state index in [-0.39, 0.29) is 36.3 Å². The fourth-order valence-corrected chi connectivity index (χ4v) is 5.10. The van der Waals surface area contributed by atoms with Crippen LogP contribution in [0.15, 0.2) is 5.38 Å². The lowest BCUT2D eigenvalue weighted by Crippen LogP contribution is -2.45. The van der Waals surface area contributed by atoms with E-state index >= 15 is 0 Å². The van der Waals surface area contributed by atoms with E-state index in [4.69, 9.17) is 0 Å². The third kappa shape index (κ3) is 5.56. The lowest BCUT2D eigenvalue weighted by molar-refractivity contribution is -0.124. The maximum absolute atomic E-state index is 12.7. The molecule has 0 aromatic carbocycles. The predicted molar refractivity (Wildman–Crippen MR) is 109 cm³/mol. The van der Waals surface area contributed by atoms with Gasteiger partial charge in [-0.05, 0) is 57.5 Å². The molecule has 1 saturated carbocycles. The van der Waals surface area contributed by atoms with Crippen molar-refractivity contribution in [2.75, 3.05) is 13.1 Å².